The monoisotopic (exact) mass is 239 g/mol. The third kappa shape index (κ3) is 2.82. The van der Waals surface area contributed by atoms with Crippen LogP contribution >= 0.6 is 0 Å². The summed E-state index contributed by atoms with van der Waals surface area (Å²) in [7, 11) is 0. The fourth-order valence-electron chi connectivity index (χ4n) is 3.43. The molecule has 0 aromatic carbocycles. The summed E-state index contributed by atoms with van der Waals surface area (Å²) in [5.41, 5.74) is 0. The Balaban J connectivity index is 2.01. The minimum Gasteiger partial charge on any atom is -0.481 e. The third-order valence-corrected chi connectivity index (χ3v) is 4.88. The summed E-state index contributed by atoms with van der Waals surface area (Å²) in [5.74, 6) is 0.795. The first kappa shape index (κ1) is 12.9. The van der Waals surface area contributed by atoms with Crippen LogP contribution in [0.15, 0.2) is 0 Å². The van der Waals surface area contributed by atoms with Gasteiger partial charge < -0.3 is 5.11 Å². The van der Waals surface area contributed by atoms with E-state index in [1.807, 2.05) is 0 Å². The van der Waals surface area contributed by atoms with E-state index in [4.69, 9.17) is 0 Å². The van der Waals surface area contributed by atoms with Gasteiger partial charge in [-0.15, -0.1) is 0 Å². The molecule has 4 atom stereocenters. The number of hydrogen-bond acceptors (Lipinski definition) is 2. The molecule has 1 heterocycles. The lowest BCUT2D eigenvalue weighted by Crippen LogP contribution is -2.50. The Morgan fingerprint density at radius 2 is 1.82 bits per heavy atom. The number of carboxylic acid groups (broad SMARTS) is 1. The van der Waals surface area contributed by atoms with Gasteiger partial charge in [0.05, 0.1) is 5.92 Å². The first-order valence-corrected chi connectivity index (χ1v) is 7.06. The van der Waals surface area contributed by atoms with Gasteiger partial charge in [0.2, 0.25) is 0 Å². The summed E-state index contributed by atoms with van der Waals surface area (Å²) < 4.78 is 0. The van der Waals surface area contributed by atoms with Crippen LogP contribution in [0.1, 0.15) is 46.0 Å². The van der Waals surface area contributed by atoms with E-state index in [1.54, 1.807) is 0 Å². The van der Waals surface area contributed by atoms with Gasteiger partial charge in [0.15, 0.2) is 0 Å². The zero-order chi connectivity index (χ0) is 12.4. The van der Waals surface area contributed by atoms with Gasteiger partial charge >= 0.3 is 5.97 Å². The van der Waals surface area contributed by atoms with E-state index >= 15 is 0 Å². The summed E-state index contributed by atoms with van der Waals surface area (Å²) in [6.45, 7) is 6.81. The highest BCUT2D eigenvalue weighted by Crippen LogP contribution is 2.33. The second-order valence-electron chi connectivity index (χ2n) is 6.03. The number of likely N-dealkylation sites (tertiary alicyclic amines) is 1. The molecule has 2 aliphatic rings. The van der Waals surface area contributed by atoms with Crippen molar-refractivity contribution in [3.05, 3.63) is 0 Å². The lowest BCUT2D eigenvalue weighted by Gasteiger charge is -2.43. The molecule has 1 aliphatic heterocycles. The molecule has 17 heavy (non-hydrogen) atoms. The molecule has 0 bridgehead atoms. The molecule has 0 amide bonds. The fourth-order valence-corrected chi connectivity index (χ4v) is 3.43. The summed E-state index contributed by atoms with van der Waals surface area (Å²) in [5, 5.41) is 9.33. The largest absolute Gasteiger partial charge is 0.481 e. The van der Waals surface area contributed by atoms with Crippen LogP contribution in [0.25, 0.3) is 0 Å². The van der Waals surface area contributed by atoms with Crippen LogP contribution in [0.2, 0.25) is 0 Å². The number of aliphatic carboxylic acids is 1. The summed E-state index contributed by atoms with van der Waals surface area (Å²) in [4.78, 5) is 13.8. The zero-order valence-electron chi connectivity index (χ0n) is 11.1. The molecule has 3 nitrogen and oxygen atoms in total. The SMILES string of the molecule is CC1CCN(C2CCCCC2C(=O)O)CC1C. The van der Waals surface area contributed by atoms with Crippen LogP contribution in [0.3, 0.4) is 0 Å². The maximum Gasteiger partial charge on any atom is 0.308 e. The molecule has 0 radical (unpaired) electrons. The molecule has 2 rings (SSSR count). The topological polar surface area (TPSA) is 40.5 Å². The molecule has 1 saturated carbocycles. The summed E-state index contributed by atoms with van der Waals surface area (Å²) in [6.07, 6.45) is 5.48. The van der Waals surface area contributed by atoms with Crippen LogP contribution in [-0.2, 0) is 4.79 Å². The quantitative estimate of drug-likeness (QED) is 0.805. The minimum absolute atomic E-state index is 0.121. The molecule has 98 valence electrons. The van der Waals surface area contributed by atoms with E-state index in [0.29, 0.717) is 12.0 Å². The molecule has 1 aliphatic carbocycles. The third-order valence-electron chi connectivity index (χ3n) is 4.88. The van der Waals surface area contributed by atoms with Gasteiger partial charge in [-0.25, -0.2) is 0 Å². The van der Waals surface area contributed by atoms with Crippen LogP contribution in [0.4, 0.5) is 0 Å². The average molecular weight is 239 g/mol. The molecule has 0 aromatic heterocycles. The molecular formula is C14H25NO2. The van der Waals surface area contributed by atoms with Crippen LogP contribution in [-0.4, -0.2) is 35.1 Å². The van der Waals surface area contributed by atoms with Crippen molar-refractivity contribution in [2.45, 2.75) is 52.0 Å². The van der Waals surface area contributed by atoms with Crippen LogP contribution in [0.5, 0.6) is 0 Å². The van der Waals surface area contributed by atoms with Gasteiger partial charge in [-0.05, 0) is 37.6 Å². The van der Waals surface area contributed by atoms with Crippen molar-refractivity contribution < 1.29 is 9.90 Å². The number of carbonyl (C=O) groups is 1. The van der Waals surface area contributed by atoms with Gasteiger partial charge in [-0.3, -0.25) is 9.69 Å². The molecule has 1 saturated heterocycles. The van der Waals surface area contributed by atoms with Crippen LogP contribution in [0, 0.1) is 17.8 Å². The maximum atomic E-state index is 11.3. The van der Waals surface area contributed by atoms with E-state index in [1.165, 1.54) is 12.8 Å². The maximum absolute atomic E-state index is 11.3. The van der Waals surface area contributed by atoms with Crippen molar-refractivity contribution in [1.82, 2.24) is 4.90 Å². The normalized spacial score (nSPS) is 40.1. The Bertz CT molecular complexity index is 279. The molecule has 0 spiro atoms. The second kappa shape index (κ2) is 5.38. The van der Waals surface area contributed by atoms with Crippen molar-refractivity contribution in [2.75, 3.05) is 13.1 Å². The fraction of sp³-hybridized carbons (Fsp3) is 0.929. The van der Waals surface area contributed by atoms with Crippen molar-refractivity contribution in [3.63, 3.8) is 0 Å². The predicted molar refractivity (Wildman–Crippen MR) is 67.9 cm³/mol. The molecule has 3 heteroatoms. The van der Waals surface area contributed by atoms with Crippen LogP contribution < -0.4 is 0 Å². The van der Waals surface area contributed by atoms with Gasteiger partial charge in [0.25, 0.3) is 0 Å². The summed E-state index contributed by atoms with van der Waals surface area (Å²) >= 11 is 0. The number of nitrogens with zero attached hydrogens (tertiary/aromatic N) is 1. The number of rotatable bonds is 2. The van der Waals surface area contributed by atoms with E-state index in [9.17, 15) is 9.90 Å². The molecule has 0 aromatic rings. The van der Waals surface area contributed by atoms with Gasteiger partial charge in [-0.1, -0.05) is 26.7 Å². The molecule has 1 N–H and O–H groups in total. The van der Waals surface area contributed by atoms with E-state index < -0.39 is 5.97 Å². The summed E-state index contributed by atoms with van der Waals surface area (Å²) in [6, 6.07) is 0.302. The Morgan fingerprint density at radius 1 is 1.12 bits per heavy atom. The van der Waals surface area contributed by atoms with Crippen molar-refractivity contribution in [2.24, 2.45) is 17.8 Å². The van der Waals surface area contributed by atoms with E-state index in [-0.39, 0.29) is 5.92 Å². The van der Waals surface area contributed by atoms with Crippen molar-refractivity contribution in [1.29, 1.82) is 0 Å². The second-order valence-corrected chi connectivity index (χ2v) is 6.03. The first-order chi connectivity index (χ1) is 8.09. The van der Waals surface area contributed by atoms with E-state index in [2.05, 4.69) is 18.7 Å². The number of piperidine rings is 1. The van der Waals surface area contributed by atoms with E-state index in [0.717, 1.165) is 38.3 Å². The smallest absolute Gasteiger partial charge is 0.308 e. The molecule has 2 fully saturated rings. The Morgan fingerprint density at radius 3 is 2.47 bits per heavy atom. The Labute approximate surface area is 104 Å². The standard InChI is InChI=1S/C14H25NO2/c1-10-7-8-15(9-11(10)2)13-6-4-3-5-12(13)14(16)17/h10-13H,3-9H2,1-2H3,(H,16,17). The Hall–Kier alpha value is -0.570. The Kier molecular flexibility index (Phi) is 4.08. The lowest BCUT2D eigenvalue weighted by molar-refractivity contribution is -0.146. The predicted octanol–water partition coefficient (Wildman–Crippen LogP) is 2.61. The number of hydrogen-bond donors (Lipinski definition) is 1. The minimum atomic E-state index is -0.582. The highest BCUT2D eigenvalue weighted by Gasteiger charge is 2.37. The van der Waals surface area contributed by atoms with Gasteiger partial charge in [0.1, 0.15) is 0 Å². The van der Waals surface area contributed by atoms with Crippen molar-refractivity contribution in [3.8, 4) is 0 Å². The average Bonchev–Trinajstić information content (AvgIpc) is 2.32. The number of carboxylic acids is 1. The zero-order valence-corrected chi connectivity index (χ0v) is 11.1. The van der Waals surface area contributed by atoms with Gasteiger partial charge in [-0.2, -0.15) is 0 Å². The first-order valence-electron chi connectivity index (χ1n) is 7.06. The highest BCUT2D eigenvalue weighted by molar-refractivity contribution is 5.71. The molecule has 4 unspecified atom stereocenters. The van der Waals surface area contributed by atoms with Crippen molar-refractivity contribution >= 4 is 5.97 Å². The lowest BCUT2D eigenvalue weighted by atomic mass is 9.80. The highest BCUT2D eigenvalue weighted by atomic mass is 16.4. The van der Waals surface area contributed by atoms with Gasteiger partial charge in [0, 0.05) is 12.6 Å². The molecular weight excluding hydrogens is 214 g/mol.